The molecule has 1 aromatic rings. The van der Waals surface area contributed by atoms with Crippen molar-refractivity contribution in [2.75, 3.05) is 19.6 Å². The largest absolute Gasteiger partial charge is 0.481 e. The van der Waals surface area contributed by atoms with E-state index in [4.69, 9.17) is 5.11 Å². The molecule has 0 atom stereocenters. The van der Waals surface area contributed by atoms with Crippen LogP contribution in [0.3, 0.4) is 0 Å². The fourth-order valence-corrected chi connectivity index (χ4v) is 4.21. The summed E-state index contributed by atoms with van der Waals surface area (Å²) in [5, 5.41) is 11.7. The van der Waals surface area contributed by atoms with Crippen molar-refractivity contribution in [3.05, 3.63) is 30.1 Å². The Morgan fingerprint density at radius 2 is 1.85 bits per heavy atom. The Morgan fingerprint density at radius 3 is 2.38 bits per heavy atom. The van der Waals surface area contributed by atoms with E-state index in [1.807, 2.05) is 0 Å². The Kier molecular flexibility index (Phi) is 6.02. The predicted molar refractivity (Wildman–Crippen MR) is 92.3 cm³/mol. The molecule has 0 unspecified atom stereocenters. The van der Waals surface area contributed by atoms with Gasteiger partial charge < -0.3 is 10.4 Å². The number of rotatable bonds is 6. The molecule has 0 bridgehead atoms. The number of benzene rings is 1. The van der Waals surface area contributed by atoms with Gasteiger partial charge in [-0.3, -0.25) is 9.59 Å². The molecule has 1 fully saturated rings. The Labute approximate surface area is 152 Å². The summed E-state index contributed by atoms with van der Waals surface area (Å²) in [6, 6.07) is 5.19. The molecule has 0 aromatic heterocycles. The Balaban J connectivity index is 1.96. The van der Waals surface area contributed by atoms with Crippen molar-refractivity contribution >= 4 is 21.9 Å². The van der Waals surface area contributed by atoms with Crippen molar-refractivity contribution in [1.29, 1.82) is 0 Å². The lowest BCUT2D eigenvalue weighted by Gasteiger charge is -2.31. The standard InChI is InChI=1S/C17H23FN2O5S/c1-17(2,16(22)23)11-19-15(21)12-7-9-20(10-8-12)26(24,25)14-6-4-3-5-13(14)18/h3-6,12H,7-11H2,1-2H3,(H,19,21)(H,22,23). The number of amides is 1. The number of carbonyl (C=O) groups is 2. The summed E-state index contributed by atoms with van der Waals surface area (Å²) in [5.41, 5.74) is -1.08. The minimum atomic E-state index is -3.94. The van der Waals surface area contributed by atoms with E-state index in [1.165, 1.54) is 36.4 Å². The number of carbonyl (C=O) groups excluding carboxylic acids is 1. The topological polar surface area (TPSA) is 104 Å². The van der Waals surface area contributed by atoms with Gasteiger partial charge in [0.1, 0.15) is 10.7 Å². The van der Waals surface area contributed by atoms with Gasteiger partial charge in [-0.05, 0) is 38.8 Å². The third-order valence-electron chi connectivity index (χ3n) is 4.56. The lowest BCUT2D eigenvalue weighted by atomic mass is 9.92. The van der Waals surface area contributed by atoms with E-state index in [9.17, 15) is 22.4 Å². The maximum Gasteiger partial charge on any atom is 0.310 e. The monoisotopic (exact) mass is 386 g/mol. The number of nitrogens with zero attached hydrogens (tertiary/aromatic N) is 1. The molecule has 26 heavy (non-hydrogen) atoms. The number of hydrogen-bond acceptors (Lipinski definition) is 4. The molecule has 9 heteroatoms. The van der Waals surface area contributed by atoms with Crippen LogP contribution in [0.25, 0.3) is 0 Å². The van der Waals surface area contributed by atoms with Crippen LogP contribution in [0.5, 0.6) is 0 Å². The van der Waals surface area contributed by atoms with E-state index < -0.39 is 33.1 Å². The first-order valence-corrected chi connectivity index (χ1v) is 9.75. The lowest BCUT2D eigenvalue weighted by Crippen LogP contribution is -2.45. The Morgan fingerprint density at radius 1 is 1.27 bits per heavy atom. The zero-order chi connectivity index (χ0) is 19.5. The molecule has 2 N–H and O–H groups in total. The molecule has 0 spiro atoms. The van der Waals surface area contributed by atoms with Gasteiger partial charge >= 0.3 is 5.97 Å². The van der Waals surface area contributed by atoms with Gasteiger partial charge in [-0.2, -0.15) is 4.31 Å². The van der Waals surface area contributed by atoms with Gasteiger partial charge in [-0.1, -0.05) is 12.1 Å². The van der Waals surface area contributed by atoms with Crippen LogP contribution in [0.2, 0.25) is 0 Å². The number of sulfonamides is 1. The van der Waals surface area contributed by atoms with Crippen LogP contribution >= 0.6 is 0 Å². The first kappa shape index (κ1) is 20.3. The minimum absolute atomic E-state index is 0.00505. The maximum absolute atomic E-state index is 13.8. The zero-order valence-electron chi connectivity index (χ0n) is 14.7. The minimum Gasteiger partial charge on any atom is -0.481 e. The number of nitrogens with one attached hydrogen (secondary N) is 1. The van der Waals surface area contributed by atoms with Crippen LogP contribution in [0.15, 0.2) is 29.2 Å². The van der Waals surface area contributed by atoms with Crippen LogP contribution in [0, 0.1) is 17.2 Å². The highest BCUT2D eigenvalue weighted by atomic mass is 32.2. The fraction of sp³-hybridized carbons (Fsp3) is 0.529. The fourth-order valence-electron chi connectivity index (χ4n) is 2.68. The van der Waals surface area contributed by atoms with Crippen molar-refractivity contribution in [2.24, 2.45) is 11.3 Å². The Hall–Kier alpha value is -2.00. The molecule has 144 valence electrons. The van der Waals surface area contributed by atoms with E-state index in [0.717, 1.165) is 6.07 Å². The number of halogens is 1. The van der Waals surface area contributed by atoms with Crippen LogP contribution in [-0.2, 0) is 19.6 Å². The first-order chi connectivity index (χ1) is 12.1. The number of carboxylic acids is 1. The zero-order valence-corrected chi connectivity index (χ0v) is 15.6. The number of carboxylic acid groups (broad SMARTS) is 1. The molecular weight excluding hydrogens is 363 g/mol. The van der Waals surface area contributed by atoms with Crippen molar-refractivity contribution in [2.45, 2.75) is 31.6 Å². The second-order valence-corrected chi connectivity index (χ2v) is 8.92. The second kappa shape index (κ2) is 7.71. The summed E-state index contributed by atoms with van der Waals surface area (Å²) in [5.74, 6) is -2.50. The van der Waals surface area contributed by atoms with Crippen LogP contribution in [-0.4, -0.2) is 49.3 Å². The van der Waals surface area contributed by atoms with Gasteiger partial charge in [0, 0.05) is 25.6 Å². The molecule has 2 rings (SSSR count). The summed E-state index contributed by atoms with van der Waals surface area (Å²) >= 11 is 0. The van der Waals surface area contributed by atoms with Crippen molar-refractivity contribution in [1.82, 2.24) is 9.62 Å². The average molecular weight is 386 g/mol. The van der Waals surface area contributed by atoms with Gasteiger partial charge in [-0.15, -0.1) is 0 Å². The second-order valence-electron chi connectivity index (χ2n) is 7.02. The van der Waals surface area contributed by atoms with Crippen LogP contribution < -0.4 is 5.32 Å². The van der Waals surface area contributed by atoms with E-state index in [-0.39, 0.29) is 30.4 Å². The molecule has 0 saturated carbocycles. The van der Waals surface area contributed by atoms with Crippen molar-refractivity contribution in [3.8, 4) is 0 Å². The van der Waals surface area contributed by atoms with Crippen LogP contribution in [0.4, 0.5) is 4.39 Å². The lowest BCUT2D eigenvalue weighted by molar-refractivity contribution is -0.147. The predicted octanol–water partition coefficient (Wildman–Crippen LogP) is 1.45. The summed E-state index contributed by atoms with van der Waals surface area (Å²) in [7, 11) is -3.94. The third kappa shape index (κ3) is 4.39. The highest BCUT2D eigenvalue weighted by molar-refractivity contribution is 7.89. The average Bonchev–Trinajstić information content (AvgIpc) is 2.60. The molecule has 0 aliphatic carbocycles. The Bertz CT molecular complexity index is 786. The first-order valence-electron chi connectivity index (χ1n) is 8.31. The van der Waals surface area contributed by atoms with Crippen molar-refractivity contribution in [3.63, 3.8) is 0 Å². The van der Waals surface area contributed by atoms with E-state index in [0.29, 0.717) is 12.8 Å². The molecule has 1 aliphatic heterocycles. The molecule has 1 amide bonds. The SMILES string of the molecule is CC(C)(CNC(=O)C1CCN(S(=O)(=O)c2ccccc2F)CC1)C(=O)O. The third-order valence-corrected chi connectivity index (χ3v) is 6.49. The highest BCUT2D eigenvalue weighted by Gasteiger charge is 2.34. The molecule has 1 aromatic carbocycles. The van der Waals surface area contributed by atoms with Crippen molar-refractivity contribution < 1.29 is 27.5 Å². The molecule has 1 heterocycles. The molecule has 0 radical (unpaired) electrons. The maximum atomic E-state index is 13.8. The molecule has 1 aliphatic rings. The smallest absolute Gasteiger partial charge is 0.310 e. The van der Waals surface area contributed by atoms with Gasteiger partial charge in [0.15, 0.2) is 0 Å². The van der Waals surface area contributed by atoms with Gasteiger partial charge in [-0.25, -0.2) is 12.8 Å². The highest BCUT2D eigenvalue weighted by Crippen LogP contribution is 2.25. The van der Waals surface area contributed by atoms with E-state index in [2.05, 4.69) is 5.32 Å². The summed E-state index contributed by atoms with van der Waals surface area (Å²) < 4.78 is 40.1. The quantitative estimate of drug-likeness (QED) is 0.770. The molecule has 1 saturated heterocycles. The summed E-state index contributed by atoms with van der Waals surface area (Å²) in [6.07, 6.45) is 0.597. The normalized spacial score (nSPS) is 17.0. The van der Waals surface area contributed by atoms with E-state index >= 15 is 0 Å². The van der Waals surface area contributed by atoms with Crippen LogP contribution in [0.1, 0.15) is 26.7 Å². The van der Waals surface area contributed by atoms with E-state index in [1.54, 1.807) is 0 Å². The summed E-state index contributed by atoms with van der Waals surface area (Å²) in [6.45, 7) is 3.24. The van der Waals surface area contributed by atoms with Gasteiger partial charge in [0.2, 0.25) is 15.9 Å². The summed E-state index contributed by atoms with van der Waals surface area (Å²) in [4.78, 5) is 22.9. The number of hydrogen-bond donors (Lipinski definition) is 2. The number of piperidine rings is 1. The number of aliphatic carboxylic acids is 1. The van der Waals surface area contributed by atoms with Gasteiger partial charge in [0.25, 0.3) is 0 Å². The molecular formula is C17H23FN2O5S. The van der Waals surface area contributed by atoms with Gasteiger partial charge in [0.05, 0.1) is 5.41 Å². The molecule has 7 nitrogen and oxygen atoms in total.